The van der Waals surface area contributed by atoms with Gasteiger partial charge in [-0.2, -0.15) is 4.31 Å². The molecular formula is C23H27N3O3S. The first-order valence-corrected chi connectivity index (χ1v) is 11.7. The fraction of sp³-hybridized carbons (Fsp3) is 0.348. The number of amides is 1. The highest BCUT2D eigenvalue weighted by atomic mass is 32.2. The van der Waals surface area contributed by atoms with Crippen LogP contribution in [0.5, 0.6) is 0 Å². The third kappa shape index (κ3) is 3.63. The number of sulfonamides is 1. The molecule has 1 N–H and O–H groups in total. The zero-order valence-electron chi connectivity index (χ0n) is 17.6. The second-order valence-electron chi connectivity index (χ2n) is 8.09. The third-order valence-corrected chi connectivity index (χ3v) is 7.73. The van der Waals surface area contributed by atoms with E-state index in [1.54, 1.807) is 17.0 Å². The molecule has 158 valence electrons. The first-order chi connectivity index (χ1) is 14.3. The van der Waals surface area contributed by atoms with Crippen LogP contribution in [0.3, 0.4) is 0 Å². The lowest BCUT2D eigenvalue weighted by Crippen LogP contribution is -2.50. The van der Waals surface area contributed by atoms with E-state index in [1.807, 2.05) is 43.3 Å². The minimum Gasteiger partial charge on any atom is -0.358 e. The van der Waals surface area contributed by atoms with Gasteiger partial charge in [-0.15, -0.1) is 0 Å². The average molecular weight is 426 g/mol. The molecule has 4 rings (SSSR count). The van der Waals surface area contributed by atoms with Gasteiger partial charge in [0.05, 0.1) is 10.5 Å². The topological polar surface area (TPSA) is 73.5 Å². The summed E-state index contributed by atoms with van der Waals surface area (Å²) in [4.78, 5) is 18.5. The molecule has 30 heavy (non-hydrogen) atoms. The van der Waals surface area contributed by atoms with Gasteiger partial charge in [-0.1, -0.05) is 44.2 Å². The van der Waals surface area contributed by atoms with Gasteiger partial charge in [0.2, 0.25) is 10.0 Å². The fourth-order valence-electron chi connectivity index (χ4n) is 4.02. The number of nitrogens with zero attached hydrogens (tertiary/aromatic N) is 2. The number of rotatable bonds is 4. The Morgan fingerprint density at radius 3 is 2.23 bits per heavy atom. The summed E-state index contributed by atoms with van der Waals surface area (Å²) >= 11 is 0. The maximum absolute atomic E-state index is 13.2. The number of H-pyrrole nitrogens is 1. The molecule has 0 atom stereocenters. The van der Waals surface area contributed by atoms with Gasteiger partial charge in [0.15, 0.2) is 0 Å². The minimum atomic E-state index is -3.56. The number of para-hydroxylation sites is 1. The number of carbonyl (C=O) groups is 1. The molecule has 1 saturated heterocycles. The Balaban J connectivity index is 1.49. The first-order valence-electron chi connectivity index (χ1n) is 10.3. The molecule has 1 aliphatic heterocycles. The van der Waals surface area contributed by atoms with E-state index >= 15 is 0 Å². The SMILES string of the molecule is Cc1[nH]c2ccccc2c1C(=O)N1CCN(S(=O)(=O)c2ccc(C(C)C)cc2)CC1. The lowest BCUT2D eigenvalue weighted by molar-refractivity contribution is 0.0699. The van der Waals surface area contributed by atoms with E-state index < -0.39 is 10.0 Å². The van der Waals surface area contributed by atoms with Crippen molar-refractivity contribution in [3.8, 4) is 0 Å². The Hall–Kier alpha value is -2.64. The quantitative estimate of drug-likeness (QED) is 0.692. The fourth-order valence-corrected chi connectivity index (χ4v) is 5.44. The summed E-state index contributed by atoms with van der Waals surface area (Å²) in [5.74, 6) is 0.299. The van der Waals surface area contributed by atoms with E-state index in [0.717, 1.165) is 22.2 Å². The Bertz CT molecular complexity index is 1170. The van der Waals surface area contributed by atoms with Crippen molar-refractivity contribution < 1.29 is 13.2 Å². The second kappa shape index (κ2) is 7.89. The number of piperazine rings is 1. The molecule has 3 aromatic rings. The van der Waals surface area contributed by atoms with Crippen LogP contribution in [0.15, 0.2) is 53.4 Å². The van der Waals surface area contributed by atoms with Gasteiger partial charge in [0.25, 0.3) is 5.91 Å². The van der Waals surface area contributed by atoms with Gasteiger partial charge in [0, 0.05) is 42.8 Å². The van der Waals surface area contributed by atoms with E-state index in [2.05, 4.69) is 18.8 Å². The zero-order chi connectivity index (χ0) is 21.5. The van der Waals surface area contributed by atoms with Gasteiger partial charge in [-0.25, -0.2) is 8.42 Å². The number of aromatic amines is 1. The largest absolute Gasteiger partial charge is 0.358 e. The molecule has 0 unspecified atom stereocenters. The molecule has 0 bridgehead atoms. The summed E-state index contributed by atoms with van der Waals surface area (Å²) in [7, 11) is -3.56. The molecular weight excluding hydrogens is 398 g/mol. The highest BCUT2D eigenvalue weighted by Crippen LogP contribution is 2.25. The smallest absolute Gasteiger partial charge is 0.256 e. The molecule has 0 saturated carbocycles. The molecule has 0 spiro atoms. The number of benzene rings is 2. The van der Waals surface area contributed by atoms with Crippen molar-refractivity contribution in [3.63, 3.8) is 0 Å². The predicted octanol–water partition coefficient (Wildman–Crippen LogP) is 3.75. The lowest BCUT2D eigenvalue weighted by atomic mass is 10.0. The van der Waals surface area contributed by atoms with Crippen LogP contribution in [0, 0.1) is 6.92 Å². The van der Waals surface area contributed by atoms with Gasteiger partial charge in [0.1, 0.15) is 0 Å². The van der Waals surface area contributed by atoms with Crippen LogP contribution in [0.4, 0.5) is 0 Å². The summed E-state index contributed by atoms with van der Waals surface area (Å²) in [5.41, 5.74) is 3.55. The number of fused-ring (bicyclic) bond motifs is 1. The Labute approximate surface area is 177 Å². The monoisotopic (exact) mass is 425 g/mol. The summed E-state index contributed by atoms with van der Waals surface area (Å²) in [6.45, 7) is 7.39. The van der Waals surface area contributed by atoms with Crippen LogP contribution in [0.1, 0.15) is 41.4 Å². The van der Waals surface area contributed by atoms with Crippen LogP contribution in [-0.2, 0) is 10.0 Å². The normalized spacial score (nSPS) is 15.8. The molecule has 2 heterocycles. The highest BCUT2D eigenvalue weighted by molar-refractivity contribution is 7.89. The third-order valence-electron chi connectivity index (χ3n) is 5.82. The molecule has 1 aliphatic rings. The van der Waals surface area contributed by atoms with E-state index in [9.17, 15) is 13.2 Å². The van der Waals surface area contributed by atoms with Crippen molar-refractivity contribution in [2.45, 2.75) is 31.6 Å². The van der Waals surface area contributed by atoms with E-state index in [1.165, 1.54) is 4.31 Å². The molecule has 7 heteroatoms. The highest BCUT2D eigenvalue weighted by Gasteiger charge is 2.31. The molecule has 1 fully saturated rings. The molecule has 1 amide bonds. The van der Waals surface area contributed by atoms with Crippen LogP contribution >= 0.6 is 0 Å². The average Bonchev–Trinajstić information content (AvgIpc) is 3.09. The standard InChI is InChI=1S/C23H27N3O3S/c1-16(2)18-8-10-19(11-9-18)30(28,29)26-14-12-25(13-15-26)23(27)22-17(3)24-21-7-5-4-6-20(21)22/h4-11,16,24H,12-15H2,1-3H3. The van der Waals surface area contributed by atoms with Gasteiger partial charge in [-0.3, -0.25) is 4.79 Å². The van der Waals surface area contributed by atoms with Crippen molar-refractivity contribution >= 4 is 26.8 Å². The minimum absolute atomic E-state index is 0.0525. The number of aryl methyl sites for hydroxylation is 1. The summed E-state index contributed by atoms with van der Waals surface area (Å²) < 4.78 is 27.5. The van der Waals surface area contributed by atoms with Crippen LogP contribution < -0.4 is 0 Å². The summed E-state index contributed by atoms with van der Waals surface area (Å²) in [6, 6.07) is 14.8. The molecule has 0 aliphatic carbocycles. The number of nitrogens with one attached hydrogen (secondary N) is 1. The van der Waals surface area contributed by atoms with Crippen molar-refractivity contribution in [2.24, 2.45) is 0 Å². The van der Waals surface area contributed by atoms with Crippen LogP contribution in [0.25, 0.3) is 10.9 Å². The van der Waals surface area contributed by atoms with Crippen molar-refractivity contribution in [3.05, 3.63) is 65.4 Å². The number of hydrogen-bond acceptors (Lipinski definition) is 3. The summed E-state index contributed by atoms with van der Waals surface area (Å²) in [6.07, 6.45) is 0. The second-order valence-corrected chi connectivity index (χ2v) is 10.0. The van der Waals surface area contributed by atoms with Crippen molar-refractivity contribution in [1.29, 1.82) is 0 Å². The Kier molecular flexibility index (Phi) is 5.42. The van der Waals surface area contributed by atoms with E-state index in [0.29, 0.717) is 42.6 Å². The zero-order valence-corrected chi connectivity index (χ0v) is 18.4. The number of aromatic nitrogens is 1. The molecule has 0 radical (unpaired) electrons. The van der Waals surface area contributed by atoms with E-state index in [4.69, 9.17) is 0 Å². The molecule has 6 nitrogen and oxygen atoms in total. The van der Waals surface area contributed by atoms with Gasteiger partial charge in [-0.05, 0) is 36.6 Å². The van der Waals surface area contributed by atoms with Gasteiger partial charge < -0.3 is 9.88 Å². The van der Waals surface area contributed by atoms with Crippen molar-refractivity contribution in [1.82, 2.24) is 14.2 Å². The maximum atomic E-state index is 13.2. The Morgan fingerprint density at radius 2 is 1.60 bits per heavy atom. The van der Waals surface area contributed by atoms with Crippen LogP contribution in [-0.4, -0.2) is 54.7 Å². The molecule has 2 aromatic carbocycles. The van der Waals surface area contributed by atoms with E-state index in [-0.39, 0.29) is 5.91 Å². The first kappa shape index (κ1) is 20.6. The Morgan fingerprint density at radius 1 is 0.967 bits per heavy atom. The maximum Gasteiger partial charge on any atom is 0.256 e. The molecule has 1 aromatic heterocycles. The number of hydrogen-bond donors (Lipinski definition) is 1. The summed E-state index contributed by atoms with van der Waals surface area (Å²) in [5, 5.41) is 0.903. The number of carbonyl (C=O) groups excluding carboxylic acids is 1. The van der Waals surface area contributed by atoms with Crippen molar-refractivity contribution in [2.75, 3.05) is 26.2 Å². The lowest BCUT2D eigenvalue weighted by Gasteiger charge is -2.34. The van der Waals surface area contributed by atoms with Gasteiger partial charge >= 0.3 is 0 Å². The predicted molar refractivity (Wildman–Crippen MR) is 118 cm³/mol. The van der Waals surface area contributed by atoms with Crippen LogP contribution in [0.2, 0.25) is 0 Å².